The maximum atomic E-state index is 13.0. The molecule has 1 heterocycles. The molecule has 1 aliphatic heterocycles. The first-order valence-corrected chi connectivity index (χ1v) is 9.54. The fraction of sp³-hybridized carbons (Fsp3) is 0.632. The summed E-state index contributed by atoms with van der Waals surface area (Å²) in [6.07, 6.45) is 5.55. The van der Waals surface area contributed by atoms with Crippen LogP contribution in [0.5, 0.6) is 0 Å². The predicted molar refractivity (Wildman–Crippen MR) is 99.7 cm³/mol. The summed E-state index contributed by atoms with van der Waals surface area (Å²) in [4.78, 5) is 28.1. The van der Waals surface area contributed by atoms with E-state index in [1.807, 2.05) is 16.7 Å². The summed E-state index contributed by atoms with van der Waals surface area (Å²) in [6, 6.07) is 5.13. The third kappa shape index (κ3) is 3.98. The maximum absolute atomic E-state index is 13.0. The summed E-state index contributed by atoms with van der Waals surface area (Å²) in [5.41, 5.74) is 0.967. The van der Waals surface area contributed by atoms with Crippen molar-refractivity contribution in [2.24, 2.45) is 0 Å². The number of nitro benzene ring substituents is 1. The number of ether oxygens (including phenoxy) is 1. The van der Waals surface area contributed by atoms with Crippen LogP contribution in [-0.4, -0.2) is 54.6 Å². The Bertz CT molecular complexity index is 652. The molecule has 7 heteroatoms. The third-order valence-corrected chi connectivity index (χ3v) is 5.39. The number of rotatable bonds is 5. The number of amides is 1. The van der Waals surface area contributed by atoms with Crippen LogP contribution in [0.15, 0.2) is 18.2 Å². The number of hydrogen-bond donors (Lipinski definition) is 0. The zero-order valence-electron chi connectivity index (χ0n) is 15.4. The molecule has 1 saturated heterocycles. The van der Waals surface area contributed by atoms with Crippen molar-refractivity contribution in [1.29, 1.82) is 0 Å². The van der Waals surface area contributed by atoms with Crippen molar-refractivity contribution in [2.75, 3.05) is 37.7 Å². The fourth-order valence-electron chi connectivity index (χ4n) is 4.00. The van der Waals surface area contributed by atoms with Gasteiger partial charge in [-0.3, -0.25) is 14.9 Å². The van der Waals surface area contributed by atoms with Gasteiger partial charge in [-0.2, -0.15) is 0 Å². The average Bonchev–Trinajstić information content (AvgIpc) is 2.69. The van der Waals surface area contributed by atoms with E-state index in [4.69, 9.17) is 4.74 Å². The van der Waals surface area contributed by atoms with Gasteiger partial charge in [0.2, 0.25) is 0 Å². The van der Waals surface area contributed by atoms with Crippen LogP contribution < -0.4 is 4.90 Å². The number of morpholine rings is 1. The fourth-order valence-corrected chi connectivity index (χ4v) is 4.00. The first kappa shape index (κ1) is 18.6. The van der Waals surface area contributed by atoms with Crippen LogP contribution in [0.2, 0.25) is 0 Å². The second-order valence-corrected chi connectivity index (χ2v) is 6.94. The molecule has 0 radical (unpaired) electrons. The minimum Gasteiger partial charge on any atom is -0.378 e. The molecule has 1 aliphatic carbocycles. The molecule has 2 fully saturated rings. The van der Waals surface area contributed by atoms with Crippen LogP contribution in [-0.2, 0) is 4.74 Å². The summed E-state index contributed by atoms with van der Waals surface area (Å²) in [5.74, 6) is -0.101. The number of carbonyl (C=O) groups excluding carboxylic acids is 1. The van der Waals surface area contributed by atoms with Crippen LogP contribution in [0.3, 0.4) is 0 Å². The Kier molecular flexibility index (Phi) is 6.08. The van der Waals surface area contributed by atoms with Gasteiger partial charge in [0, 0.05) is 37.3 Å². The highest BCUT2D eigenvalue weighted by atomic mass is 16.6. The lowest BCUT2D eigenvalue weighted by molar-refractivity contribution is -0.384. The Labute approximate surface area is 154 Å². The molecular weight excluding hydrogens is 334 g/mol. The lowest BCUT2D eigenvalue weighted by Crippen LogP contribution is -2.41. The van der Waals surface area contributed by atoms with Gasteiger partial charge in [-0.15, -0.1) is 0 Å². The zero-order chi connectivity index (χ0) is 18.5. The Morgan fingerprint density at radius 1 is 1.27 bits per heavy atom. The number of anilines is 1. The SMILES string of the molecule is CCN(C(=O)c1ccc(N2CCOCC2)c([N+](=O)[O-])c1)C1CCCCC1. The van der Waals surface area contributed by atoms with Crippen molar-refractivity contribution >= 4 is 17.3 Å². The smallest absolute Gasteiger partial charge is 0.293 e. The highest BCUT2D eigenvalue weighted by Gasteiger charge is 2.28. The van der Waals surface area contributed by atoms with E-state index in [0.717, 1.165) is 25.7 Å². The first-order valence-electron chi connectivity index (χ1n) is 9.54. The van der Waals surface area contributed by atoms with E-state index in [9.17, 15) is 14.9 Å². The molecule has 1 amide bonds. The molecule has 0 unspecified atom stereocenters. The van der Waals surface area contributed by atoms with E-state index < -0.39 is 4.92 Å². The Hall–Kier alpha value is -2.15. The molecule has 142 valence electrons. The van der Waals surface area contributed by atoms with Gasteiger partial charge in [0.25, 0.3) is 11.6 Å². The van der Waals surface area contributed by atoms with Crippen molar-refractivity contribution < 1.29 is 14.5 Å². The molecule has 1 aromatic carbocycles. The van der Waals surface area contributed by atoms with Crippen LogP contribution in [0.1, 0.15) is 49.4 Å². The molecule has 0 bridgehead atoms. The van der Waals surface area contributed by atoms with Crippen LogP contribution in [0, 0.1) is 10.1 Å². The van der Waals surface area contributed by atoms with Crippen molar-refractivity contribution in [2.45, 2.75) is 45.1 Å². The van der Waals surface area contributed by atoms with Crippen LogP contribution in [0.25, 0.3) is 0 Å². The van der Waals surface area contributed by atoms with Gasteiger partial charge in [-0.25, -0.2) is 0 Å². The zero-order valence-corrected chi connectivity index (χ0v) is 15.4. The standard InChI is InChI=1S/C19H27N3O4/c1-2-21(16-6-4-3-5-7-16)19(23)15-8-9-17(18(14-15)22(24)25)20-10-12-26-13-11-20/h8-9,14,16H,2-7,10-13H2,1H3. The van der Waals surface area contributed by atoms with Crippen molar-refractivity contribution in [3.8, 4) is 0 Å². The predicted octanol–water partition coefficient (Wildman–Crippen LogP) is 3.23. The van der Waals surface area contributed by atoms with E-state index in [-0.39, 0.29) is 17.6 Å². The summed E-state index contributed by atoms with van der Waals surface area (Å²) in [7, 11) is 0. The molecule has 1 saturated carbocycles. The lowest BCUT2D eigenvalue weighted by Gasteiger charge is -2.34. The highest BCUT2D eigenvalue weighted by Crippen LogP contribution is 2.31. The van der Waals surface area contributed by atoms with E-state index in [0.29, 0.717) is 44.1 Å². The number of nitro groups is 1. The van der Waals surface area contributed by atoms with Gasteiger partial charge in [-0.1, -0.05) is 19.3 Å². The number of benzene rings is 1. The second kappa shape index (κ2) is 8.49. The Morgan fingerprint density at radius 2 is 1.96 bits per heavy atom. The van der Waals surface area contributed by atoms with Crippen molar-refractivity contribution in [3.05, 3.63) is 33.9 Å². The normalized spacial score (nSPS) is 18.6. The minimum absolute atomic E-state index is 0.00236. The van der Waals surface area contributed by atoms with Gasteiger partial charge in [0.1, 0.15) is 5.69 Å². The third-order valence-electron chi connectivity index (χ3n) is 5.39. The largest absolute Gasteiger partial charge is 0.378 e. The summed E-state index contributed by atoms with van der Waals surface area (Å²) in [6.45, 7) is 4.96. The molecule has 3 rings (SSSR count). The lowest BCUT2D eigenvalue weighted by atomic mass is 9.93. The van der Waals surface area contributed by atoms with E-state index in [1.165, 1.54) is 12.5 Å². The van der Waals surface area contributed by atoms with Gasteiger partial charge < -0.3 is 14.5 Å². The monoisotopic (exact) mass is 361 g/mol. The molecule has 0 N–H and O–H groups in total. The van der Waals surface area contributed by atoms with Gasteiger partial charge in [-0.05, 0) is 31.9 Å². The molecule has 7 nitrogen and oxygen atoms in total. The topological polar surface area (TPSA) is 75.9 Å². The quantitative estimate of drug-likeness (QED) is 0.594. The average molecular weight is 361 g/mol. The van der Waals surface area contributed by atoms with Gasteiger partial charge in [0.15, 0.2) is 0 Å². The molecule has 0 atom stereocenters. The van der Waals surface area contributed by atoms with E-state index in [1.54, 1.807) is 12.1 Å². The van der Waals surface area contributed by atoms with Crippen LogP contribution >= 0.6 is 0 Å². The summed E-state index contributed by atoms with van der Waals surface area (Å²) < 4.78 is 5.32. The summed E-state index contributed by atoms with van der Waals surface area (Å²) >= 11 is 0. The molecular formula is C19H27N3O4. The molecule has 0 aromatic heterocycles. The van der Waals surface area contributed by atoms with Gasteiger partial charge in [0.05, 0.1) is 18.1 Å². The van der Waals surface area contributed by atoms with Crippen molar-refractivity contribution in [1.82, 2.24) is 4.90 Å². The summed E-state index contributed by atoms with van der Waals surface area (Å²) in [5, 5.41) is 11.6. The van der Waals surface area contributed by atoms with Crippen LogP contribution in [0.4, 0.5) is 11.4 Å². The Morgan fingerprint density at radius 3 is 2.58 bits per heavy atom. The number of carbonyl (C=O) groups is 1. The van der Waals surface area contributed by atoms with E-state index >= 15 is 0 Å². The maximum Gasteiger partial charge on any atom is 0.293 e. The van der Waals surface area contributed by atoms with Crippen molar-refractivity contribution in [3.63, 3.8) is 0 Å². The molecule has 0 spiro atoms. The minimum atomic E-state index is -0.390. The highest BCUT2D eigenvalue weighted by molar-refractivity contribution is 5.96. The second-order valence-electron chi connectivity index (χ2n) is 6.94. The number of nitrogens with zero attached hydrogens (tertiary/aromatic N) is 3. The molecule has 2 aliphatic rings. The van der Waals surface area contributed by atoms with Gasteiger partial charge >= 0.3 is 0 Å². The Balaban J connectivity index is 1.85. The molecule has 26 heavy (non-hydrogen) atoms. The molecule has 1 aromatic rings. The van der Waals surface area contributed by atoms with E-state index in [2.05, 4.69) is 0 Å². The number of hydrogen-bond acceptors (Lipinski definition) is 5. The first-order chi connectivity index (χ1) is 12.6.